The Bertz CT molecular complexity index is 486. The number of halogens is 1. The van der Waals surface area contributed by atoms with Crippen molar-refractivity contribution in [2.45, 2.75) is 45.2 Å². The van der Waals surface area contributed by atoms with Crippen LogP contribution in [0.1, 0.15) is 44.7 Å². The standard InChI is InChI=1S/C17H25FN2O2/c1-11(2)15(9-10-21)19-17(22)20-16(12-3-4-12)13-5-7-14(18)8-6-13/h5-8,11-12,15-16,21H,3-4,9-10H2,1-2H3,(H2,19,20,22). The van der Waals surface area contributed by atoms with Gasteiger partial charge in [-0.05, 0) is 48.8 Å². The van der Waals surface area contributed by atoms with E-state index in [1.54, 1.807) is 12.1 Å². The van der Waals surface area contributed by atoms with Crippen LogP contribution in [0.15, 0.2) is 24.3 Å². The van der Waals surface area contributed by atoms with E-state index >= 15 is 0 Å². The van der Waals surface area contributed by atoms with Crippen molar-refractivity contribution in [1.29, 1.82) is 0 Å². The summed E-state index contributed by atoms with van der Waals surface area (Å²) in [5.41, 5.74) is 0.933. The number of amides is 2. The first-order valence-electron chi connectivity index (χ1n) is 7.94. The molecule has 2 amide bonds. The molecule has 122 valence electrons. The van der Waals surface area contributed by atoms with Gasteiger partial charge in [-0.25, -0.2) is 9.18 Å². The van der Waals surface area contributed by atoms with Gasteiger partial charge in [0.25, 0.3) is 0 Å². The molecule has 2 unspecified atom stereocenters. The number of urea groups is 1. The molecule has 1 aromatic rings. The van der Waals surface area contributed by atoms with Crippen molar-refractivity contribution in [3.63, 3.8) is 0 Å². The van der Waals surface area contributed by atoms with Gasteiger partial charge >= 0.3 is 6.03 Å². The van der Waals surface area contributed by atoms with Crippen LogP contribution in [0.2, 0.25) is 0 Å². The maximum atomic E-state index is 13.1. The Kier molecular flexibility index (Phi) is 5.77. The van der Waals surface area contributed by atoms with Gasteiger partial charge in [-0.1, -0.05) is 26.0 Å². The lowest BCUT2D eigenvalue weighted by Gasteiger charge is -2.25. The smallest absolute Gasteiger partial charge is 0.315 e. The van der Waals surface area contributed by atoms with Gasteiger partial charge in [-0.3, -0.25) is 0 Å². The molecule has 1 saturated carbocycles. The summed E-state index contributed by atoms with van der Waals surface area (Å²) < 4.78 is 13.1. The van der Waals surface area contributed by atoms with Crippen molar-refractivity contribution in [2.24, 2.45) is 11.8 Å². The number of nitrogens with one attached hydrogen (secondary N) is 2. The van der Waals surface area contributed by atoms with Crippen molar-refractivity contribution in [1.82, 2.24) is 10.6 Å². The summed E-state index contributed by atoms with van der Waals surface area (Å²) in [4.78, 5) is 12.2. The molecule has 0 bridgehead atoms. The summed E-state index contributed by atoms with van der Waals surface area (Å²) in [6, 6.07) is 5.94. The molecule has 4 nitrogen and oxygen atoms in total. The second-order valence-electron chi connectivity index (χ2n) is 6.35. The Balaban J connectivity index is 1.98. The van der Waals surface area contributed by atoms with Gasteiger partial charge in [0.15, 0.2) is 0 Å². The maximum Gasteiger partial charge on any atom is 0.315 e. The van der Waals surface area contributed by atoms with Gasteiger partial charge in [-0.2, -0.15) is 0 Å². The van der Waals surface area contributed by atoms with E-state index in [2.05, 4.69) is 10.6 Å². The molecule has 1 fully saturated rings. The number of benzene rings is 1. The highest BCUT2D eigenvalue weighted by Gasteiger charge is 2.33. The summed E-state index contributed by atoms with van der Waals surface area (Å²) >= 11 is 0. The summed E-state index contributed by atoms with van der Waals surface area (Å²) in [6.45, 7) is 4.07. The Labute approximate surface area is 131 Å². The lowest BCUT2D eigenvalue weighted by molar-refractivity contribution is 0.215. The summed E-state index contributed by atoms with van der Waals surface area (Å²) in [5, 5.41) is 15.0. The number of aliphatic hydroxyl groups excluding tert-OH is 1. The van der Waals surface area contributed by atoms with Crippen molar-refractivity contribution >= 4 is 6.03 Å². The van der Waals surface area contributed by atoms with Gasteiger partial charge < -0.3 is 15.7 Å². The largest absolute Gasteiger partial charge is 0.396 e. The zero-order chi connectivity index (χ0) is 16.1. The van der Waals surface area contributed by atoms with Gasteiger partial charge in [0.05, 0.1) is 6.04 Å². The Hall–Kier alpha value is -1.62. The molecule has 22 heavy (non-hydrogen) atoms. The molecular formula is C17H25FN2O2. The van der Waals surface area contributed by atoms with Gasteiger partial charge in [0.1, 0.15) is 5.82 Å². The summed E-state index contributed by atoms with van der Waals surface area (Å²) in [5.74, 6) is 0.403. The third kappa shape index (κ3) is 4.70. The predicted molar refractivity (Wildman–Crippen MR) is 83.9 cm³/mol. The van der Waals surface area contributed by atoms with E-state index in [9.17, 15) is 9.18 Å². The van der Waals surface area contributed by atoms with E-state index in [0.29, 0.717) is 12.3 Å². The second-order valence-corrected chi connectivity index (χ2v) is 6.35. The molecule has 0 spiro atoms. The monoisotopic (exact) mass is 308 g/mol. The van der Waals surface area contributed by atoms with E-state index in [-0.39, 0.29) is 36.5 Å². The minimum Gasteiger partial charge on any atom is -0.396 e. The molecule has 1 aliphatic rings. The molecule has 2 rings (SSSR count). The number of hydrogen-bond acceptors (Lipinski definition) is 2. The van der Waals surface area contributed by atoms with Crippen molar-refractivity contribution in [2.75, 3.05) is 6.61 Å². The SMILES string of the molecule is CC(C)C(CCO)NC(=O)NC(c1ccc(F)cc1)C1CC1. The van der Waals surface area contributed by atoms with E-state index in [1.165, 1.54) is 12.1 Å². The molecule has 5 heteroatoms. The van der Waals surface area contributed by atoms with Gasteiger partial charge in [0, 0.05) is 12.6 Å². The van der Waals surface area contributed by atoms with Crippen molar-refractivity contribution < 1.29 is 14.3 Å². The molecule has 2 atom stereocenters. The second kappa shape index (κ2) is 7.58. The van der Waals surface area contributed by atoms with Crippen molar-refractivity contribution in [3.8, 4) is 0 Å². The van der Waals surface area contributed by atoms with Crippen LogP contribution in [0.3, 0.4) is 0 Å². The van der Waals surface area contributed by atoms with Crippen LogP contribution < -0.4 is 10.6 Å². The quantitative estimate of drug-likeness (QED) is 0.725. The minimum atomic E-state index is -0.273. The lowest BCUT2D eigenvalue weighted by Crippen LogP contribution is -2.46. The number of aliphatic hydroxyl groups is 1. The van der Waals surface area contributed by atoms with E-state index in [0.717, 1.165) is 18.4 Å². The molecule has 0 heterocycles. The topological polar surface area (TPSA) is 61.4 Å². The van der Waals surface area contributed by atoms with E-state index in [4.69, 9.17) is 5.11 Å². The summed E-state index contributed by atoms with van der Waals surface area (Å²) in [7, 11) is 0. The average Bonchev–Trinajstić information content (AvgIpc) is 3.30. The number of hydrogen-bond donors (Lipinski definition) is 3. The number of rotatable bonds is 7. The molecular weight excluding hydrogens is 283 g/mol. The highest BCUT2D eigenvalue weighted by atomic mass is 19.1. The zero-order valence-corrected chi connectivity index (χ0v) is 13.2. The summed E-state index contributed by atoms with van der Waals surface area (Å²) in [6.07, 6.45) is 2.69. The Morgan fingerprint density at radius 3 is 2.41 bits per heavy atom. The zero-order valence-electron chi connectivity index (χ0n) is 13.2. The van der Waals surface area contributed by atoms with Crippen LogP contribution in [0.25, 0.3) is 0 Å². The van der Waals surface area contributed by atoms with Crippen LogP contribution in [0.5, 0.6) is 0 Å². The van der Waals surface area contributed by atoms with Crippen LogP contribution in [0.4, 0.5) is 9.18 Å². The first-order chi connectivity index (χ1) is 10.5. The number of carbonyl (C=O) groups excluding carboxylic acids is 1. The molecule has 1 aromatic carbocycles. The fraction of sp³-hybridized carbons (Fsp3) is 0.588. The van der Waals surface area contributed by atoms with E-state index in [1.807, 2.05) is 13.8 Å². The fourth-order valence-corrected chi connectivity index (χ4v) is 2.64. The average molecular weight is 308 g/mol. The third-order valence-electron chi connectivity index (χ3n) is 4.17. The molecule has 1 aliphatic carbocycles. The fourth-order valence-electron chi connectivity index (χ4n) is 2.64. The van der Waals surface area contributed by atoms with E-state index < -0.39 is 0 Å². The predicted octanol–water partition coefficient (Wildman–Crippen LogP) is 2.98. The highest BCUT2D eigenvalue weighted by molar-refractivity contribution is 5.75. The lowest BCUT2D eigenvalue weighted by atomic mass is 10.0. The van der Waals surface area contributed by atoms with Crippen LogP contribution in [-0.4, -0.2) is 23.8 Å². The normalized spacial score (nSPS) is 17.1. The van der Waals surface area contributed by atoms with Crippen LogP contribution in [0, 0.1) is 17.7 Å². The molecule has 0 saturated heterocycles. The first-order valence-corrected chi connectivity index (χ1v) is 7.94. The highest BCUT2D eigenvalue weighted by Crippen LogP contribution is 2.40. The molecule has 3 N–H and O–H groups in total. The van der Waals surface area contributed by atoms with Gasteiger partial charge in [-0.15, -0.1) is 0 Å². The van der Waals surface area contributed by atoms with Crippen molar-refractivity contribution in [3.05, 3.63) is 35.6 Å². The van der Waals surface area contributed by atoms with Crippen LogP contribution >= 0.6 is 0 Å². The third-order valence-corrected chi connectivity index (χ3v) is 4.17. The molecule has 0 aromatic heterocycles. The molecule has 0 radical (unpaired) electrons. The minimum absolute atomic E-state index is 0.0488. The van der Waals surface area contributed by atoms with Crippen LogP contribution in [-0.2, 0) is 0 Å². The Morgan fingerprint density at radius 1 is 1.27 bits per heavy atom. The van der Waals surface area contributed by atoms with Gasteiger partial charge in [0.2, 0.25) is 0 Å². The maximum absolute atomic E-state index is 13.1. The Morgan fingerprint density at radius 2 is 1.91 bits per heavy atom. The molecule has 0 aliphatic heterocycles. The first kappa shape index (κ1) is 16.7. The number of carbonyl (C=O) groups is 1.